The van der Waals surface area contributed by atoms with Gasteiger partial charge in [0, 0.05) is 19.0 Å². The van der Waals surface area contributed by atoms with E-state index in [1.165, 1.54) is 9.78 Å². The molecule has 102 valence electrons. The Labute approximate surface area is 121 Å². The van der Waals surface area contributed by atoms with Gasteiger partial charge in [-0.1, -0.05) is 12.1 Å². The van der Waals surface area contributed by atoms with Crippen LogP contribution in [0.5, 0.6) is 0 Å². The number of thiophene rings is 1. The Balaban J connectivity index is 1.81. The second-order valence-electron chi connectivity index (χ2n) is 5.33. The van der Waals surface area contributed by atoms with Gasteiger partial charge in [0.05, 0.1) is 11.4 Å². The molecule has 2 saturated heterocycles. The Bertz CT molecular complexity index is 613. The topological polar surface area (TPSA) is 37.6 Å². The highest BCUT2D eigenvalue weighted by molar-refractivity contribution is 7.10. The molecule has 3 unspecified atom stereocenters. The number of carbonyl (C=O) groups excluding carboxylic acids is 1. The van der Waals surface area contributed by atoms with E-state index in [-0.39, 0.29) is 18.1 Å². The van der Waals surface area contributed by atoms with Crippen molar-refractivity contribution >= 4 is 23.1 Å². The van der Waals surface area contributed by atoms with E-state index in [1.807, 2.05) is 23.1 Å². The van der Waals surface area contributed by atoms with Crippen molar-refractivity contribution in [3.63, 3.8) is 0 Å². The molecule has 0 bridgehead atoms. The van der Waals surface area contributed by atoms with E-state index in [1.54, 1.807) is 17.5 Å². The first-order valence-corrected chi connectivity index (χ1v) is 7.87. The summed E-state index contributed by atoms with van der Waals surface area (Å²) in [6, 6.07) is 10.1. The highest BCUT2D eigenvalue weighted by Crippen LogP contribution is 2.31. The largest absolute Gasteiger partial charge is 0.300 e. The van der Waals surface area contributed by atoms with Gasteiger partial charge in [-0.2, -0.15) is 0 Å². The van der Waals surface area contributed by atoms with E-state index in [4.69, 9.17) is 0 Å². The van der Waals surface area contributed by atoms with Crippen LogP contribution < -0.4 is 9.80 Å². The van der Waals surface area contributed by atoms with Crippen molar-refractivity contribution < 1.29 is 9.69 Å². The van der Waals surface area contributed by atoms with Crippen LogP contribution in [-0.4, -0.2) is 23.5 Å². The lowest BCUT2D eigenvalue weighted by Crippen LogP contribution is -3.12. The fraction of sp³-hybridized carbons (Fsp3) is 0.333. The minimum absolute atomic E-state index is 0.102. The molecule has 2 aromatic heterocycles. The average molecular weight is 286 g/mol. The molecule has 1 N–H and O–H groups in total. The predicted molar refractivity (Wildman–Crippen MR) is 77.6 cm³/mol. The lowest BCUT2D eigenvalue weighted by Gasteiger charge is -2.24. The SMILES string of the molecule is O=C1C2CCC[NH+]2C(c2cccs2)N1c1ccccn1. The smallest absolute Gasteiger partial charge is 0.291 e. The fourth-order valence-corrected chi connectivity index (χ4v) is 4.30. The van der Waals surface area contributed by atoms with Gasteiger partial charge in [0.1, 0.15) is 5.82 Å². The number of hydrogen-bond donors (Lipinski definition) is 1. The third-order valence-corrected chi connectivity index (χ3v) is 5.18. The third kappa shape index (κ3) is 1.70. The zero-order valence-corrected chi connectivity index (χ0v) is 11.8. The van der Waals surface area contributed by atoms with Crippen LogP contribution in [0.1, 0.15) is 23.9 Å². The molecule has 2 aliphatic rings. The number of amides is 1. The molecule has 0 aromatic carbocycles. The number of quaternary nitrogens is 1. The van der Waals surface area contributed by atoms with Crippen LogP contribution in [0.3, 0.4) is 0 Å². The Morgan fingerprint density at radius 2 is 2.25 bits per heavy atom. The van der Waals surface area contributed by atoms with Gasteiger partial charge in [-0.05, 0) is 23.6 Å². The van der Waals surface area contributed by atoms with Crippen molar-refractivity contribution in [2.24, 2.45) is 0 Å². The second-order valence-corrected chi connectivity index (χ2v) is 6.31. The van der Waals surface area contributed by atoms with Crippen LogP contribution >= 0.6 is 11.3 Å². The molecule has 0 saturated carbocycles. The molecule has 3 atom stereocenters. The molecule has 4 nitrogen and oxygen atoms in total. The molecule has 0 spiro atoms. The summed E-state index contributed by atoms with van der Waals surface area (Å²) < 4.78 is 0. The van der Waals surface area contributed by atoms with Crippen LogP contribution in [0.25, 0.3) is 0 Å². The molecule has 0 aliphatic carbocycles. The zero-order valence-electron chi connectivity index (χ0n) is 11.0. The maximum absolute atomic E-state index is 12.8. The van der Waals surface area contributed by atoms with Crippen molar-refractivity contribution in [3.05, 3.63) is 46.8 Å². The van der Waals surface area contributed by atoms with Gasteiger partial charge < -0.3 is 4.90 Å². The van der Waals surface area contributed by atoms with Gasteiger partial charge in [-0.15, -0.1) is 11.3 Å². The van der Waals surface area contributed by atoms with Crippen molar-refractivity contribution in [3.8, 4) is 0 Å². The number of fused-ring (bicyclic) bond motifs is 1. The molecule has 2 aromatic rings. The number of carbonyl (C=O) groups is 1. The van der Waals surface area contributed by atoms with Gasteiger partial charge in [0.2, 0.25) is 6.17 Å². The number of nitrogens with one attached hydrogen (secondary N) is 1. The standard InChI is InChI=1S/C15H15N3OS/c19-15-11-5-3-9-17(11)14(12-6-4-10-20-12)18(15)13-7-1-2-8-16-13/h1-2,4,6-8,10-11,14H,3,5,9H2/p+1. The monoisotopic (exact) mass is 286 g/mol. The summed E-state index contributed by atoms with van der Waals surface area (Å²) in [6.07, 6.45) is 4.00. The van der Waals surface area contributed by atoms with E-state index in [0.717, 1.165) is 25.2 Å². The van der Waals surface area contributed by atoms with E-state index < -0.39 is 0 Å². The Kier molecular flexibility index (Phi) is 2.82. The highest BCUT2D eigenvalue weighted by atomic mass is 32.1. The van der Waals surface area contributed by atoms with Crippen molar-refractivity contribution in [2.45, 2.75) is 25.0 Å². The number of hydrogen-bond acceptors (Lipinski definition) is 3. The highest BCUT2D eigenvalue weighted by Gasteiger charge is 2.54. The molecular formula is C15H16N3OS+. The first kappa shape index (κ1) is 12.1. The lowest BCUT2D eigenvalue weighted by atomic mass is 10.2. The van der Waals surface area contributed by atoms with Crippen LogP contribution in [0.4, 0.5) is 5.82 Å². The van der Waals surface area contributed by atoms with Crippen molar-refractivity contribution in [1.29, 1.82) is 0 Å². The normalized spacial score (nSPS) is 28.9. The molecule has 1 amide bonds. The number of aromatic nitrogens is 1. The average Bonchev–Trinajstić information content (AvgIpc) is 3.18. The van der Waals surface area contributed by atoms with Crippen LogP contribution in [0.15, 0.2) is 41.9 Å². The molecule has 5 heteroatoms. The van der Waals surface area contributed by atoms with Gasteiger partial charge in [0.25, 0.3) is 5.91 Å². The first-order chi connectivity index (χ1) is 9.86. The lowest BCUT2D eigenvalue weighted by molar-refractivity contribution is -0.924. The quantitative estimate of drug-likeness (QED) is 0.902. The maximum Gasteiger partial charge on any atom is 0.291 e. The summed E-state index contributed by atoms with van der Waals surface area (Å²) >= 11 is 1.73. The van der Waals surface area contributed by atoms with E-state index in [0.29, 0.717) is 0 Å². The summed E-state index contributed by atoms with van der Waals surface area (Å²) in [7, 11) is 0. The number of rotatable bonds is 2. The van der Waals surface area contributed by atoms with Crippen molar-refractivity contribution in [1.82, 2.24) is 4.98 Å². The summed E-state index contributed by atoms with van der Waals surface area (Å²) in [5.74, 6) is 1.01. The Hall–Kier alpha value is -1.72. The summed E-state index contributed by atoms with van der Waals surface area (Å²) in [5, 5.41) is 2.08. The Morgan fingerprint density at radius 1 is 1.30 bits per heavy atom. The minimum atomic E-state index is 0.102. The van der Waals surface area contributed by atoms with Gasteiger partial charge in [-0.3, -0.25) is 4.79 Å². The van der Waals surface area contributed by atoms with Gasteiger partial charge >= 0.3 is 0 Å². The van der Waals surface area contributed by atoms with E-state index in [9.17, 15) is 4.79 Å². The molecule has 2 fully saturated rings. The molecule has 20 heavy (non-hydrogen) atoms. The Morgan fingerprint density at radius 3 is 3.00 bits per heavy atom. The third-order valence-electron chi connectivity index (χ3n) is 4.26. The number of pyridine rings is 1. The van der Waals surface area contributed by atoms with Crippen molar-refractivity contribution in [2.75, 3.05) is 11.4 Å². The summed E-state index contributed by atoms with van der Waals surface area (Å²) in [4.78, 5) is 21.7. The fourth-order valence-electron chi connectivity index (χ4n) is 3.44. The maximum atomic E-state index is 12.8. The van der Waals surface area contributed by atoms with Gasteiger partial charge in [0.15, 0.2) is 6.04 Å². The number of nitrogens with zero attached hydrogens (tertiary/aromatic N) is 2. The minimum Gasteiger partial charge on any atom is -0.300 e. The molecule has 4 rings (SSSR count). The summed E-state index contributed by atoms with van der Waals surface area (Å²) in [6.45, 7) is 1.07. The molecule has 2 aliphatic heterocycles. The summed E-state index contributed by atoms with van der Waals surface area (Å²) in [5.41, 5.74) is 0. The van der Waals surface area contributed by atoms with Crippen LogP contribution in [-0.2, 0) is 4.79 Å². The molecule has 4 heterocycles. The second kappa shape index (κ2) is 4.68. The van der Waals surface area contributed by atoms with Crippen LogP contribution in [0, 0.1) is 0 Å². The van der Waals surface area contributed by atoms with Crippen LogP contribution in [0.2, 0.25) is 0 Å². The first-order valence-electron chi connectivity index (χ1n) is 6.99. The number of anilines is 1. The van der Waals surface area contributed by atoms with E-state index in [2.05, 4.69) is 22.5 Å². The predicted octanol–water partition coefficient (Wildman–Crippen LogP) is 1.24. The molecular weight excluding hydrogens is 270 g/mol. The van der Waals surface area contributed by atoms with Gasteiger partial charge in [-0.25, -0.2) is 9.88 Å². The zero-order chi connectivity index (χ0) is 13.5. The van der Waals surface area contributed by atoms with E-state index >= 15 is 0 Å². The molecule has 0 radical (unpaired) electrons.